The molecule has 144 valence electrons. The fourth-order valence-electron chi connectivity index (χ4n) is 4.12. The van der Waals surface area contributed by atoms with E-state index in [1.54, 1.807) is 0 Å². The molecule has 2 aliphatic carbocycles. The summed E-state index contributed by atoms with van der Waals surface area (Å²) in [6.07, 6.45) is 5.71. The first kappa shape index (κ1) is 20.0. The van der Waals surface area contributed by atoms with E-state index >= 15 is 0 Å². The van der Waals surface area contributed by atoms with Crippen molar-refractivity contribution in [1.29, 1.82) is 0 Å². The molecular weight excluding hydrogens is 316 g/mol. The van der Waals surface area contributed by atoms with Crippen molar-refractivity contribution < 1.29 is 9.53 Å². The van der Waals surface area contributed by atoms with Crippen LogP contribution in [0.3, 0.4) is 0 Å². The molecule has 0 saturated heterocycles. The minimum atomic E-state index is 0.181. The molecule has 2 atom stereocenters. The van der Waals surface area contributed by atoms with Gasteiger partial charge in [0.2, 0.25) is 5.91 Å². The van der Waals surface area contributed by atoms with E-state index in [1.165, 1.54) is 19.3 Å². The van der Waals surface area contributed by atoms with Crippen molar-refractivity contribution in [2.45, 2.75) is 71.9 Å². The predicted molar refractivity (Wildman–Crippen MR) is 102 cm³/mol. The van der Waals surface area contributed by atoms with E-state index in [0.717, 1.165) is 38.6 Å². The van der Waals surface area contributed by atoms with Gasteiger partial charge in [-0.25, -0.2) is 0 Å². The number of guanidine groups is 1. The minimum Gasteiger partial charge on any atom is -0.378 e. The number of carbonyl (C=O) groups is 1. The lowest BCUT2D eigenvalue weighted by atomic mass is 9.51. The molecule has 2 rings (SSSR count). The van der Waals surface area contributed by atoms with Gasteiger partial charge >= 0.3 is 0 Å². The Morgan fingerprint density at radius 3 is 2.48 bits per heavy atom. The Kier molecular flexibility index (Phi) is 7.54. The van der Waals surface area contributed by atoms with E-state index in [-0.39, 0.29) is 5.91 Å². The Bertz CT molecular complexity index is 458. The molecule has 0 bridgehead atoms. The molecular formula is C19H36N4O2. The molecule has 2 unspecified atom stereocenters. The molecule has 0 aromatic rings. The predicted octanol–water partition coefficient (Wildman–Crippen LogP) is 2.15. The number of amides is 1. The summed E-state index contributed by atoms with van der Waals surface area (Å²) < 4.78 is 5.92. The standard InChI is InChI=1S/C19H36N4O2/c1-5-20-18(21-13-10-17(24)23(6-2)7-3)22-15-14-16(25-8-4)19(15)11-9-12-19/h15-16H,5-14H2,1-4H3,(H2,20,21,22). The van der Waals surface area contributed by atoms with Crippen LogP contribution in [-0.4, -0.2) is 61.7 Å². The summed E-state index contributed by atoms with van der Waals surface area (Å²) in [7, 11) is 0. The van der Waals surface area contributed by atoms with E-state index in [1.807, 2.05) is 18.7 Å². The maximum Gasteiger partial charge on any atom is 0.224 e. The van der Waals surface area contributed by atoms with Crippen LogP contribution in [-0.2, 0) is 9.53 Å². The van der Waals surface area contributed by atoms with Gasteiger partial charge in [0.25, 0.3) is 0 Å². The number of ether oxygens (including phenoxy) is 1. The summed E-state index contributed by atoms with van der Waals surface area (Å²) >= 11 is 0. The summed E-state index contributed by atoms with van der Waals surface area (Å²) in [6, 6.07) is 0.439. The van der Waals surface area contributed by atoms with Crippen LogP contribution < -0.4 is 10.6 Å². The van der Waals surface area contributed by atoms with Gasteiger partial charge in [-0.2, -0.15) is 0 Å². The molecule has 0 radical (unpaired) electrons. The average Bonchev–Trinajstić information content (AvgIpc) is 2.53. The van der Waals surface area contributed by atoms with Gasteiger partial charge in [0, 0.05) is 44.1 Å². The van der Waals surface area contributed by atoms with Crippen molar-refractivity contribution in [2.24, 2.45) is 10.4 Å². The Labute approximate surface area is 152 Å². The topological polar surface area (TPSA) is 66.0 Å². The summed E-state index contributed by atoms with van der Waals surface area (Å²) in [5, 5.41) is 6.92. The van der Waals surface area contributed by atoms with Crippen LogP contribution in [0.5, 0.6) is 0 Å². The van der Waals surface area contributed by atoms with Gasteiger partial charge in [0.05, 0.1) is 12.6 Å². The van der Waals surface area contributed by atoms with E-state index in [9.17, 15) is 4.79 Å². The average molecular weight is 353 g/mol. The molecule has 6 heteroatoms. The molecule has 2 fully saturated rings. The van der Waals surface area contributed by atoms with Crippen LogP contribution in [0.4, 0.5) is 0 Å². The molecule has 25 heavy (non-hydrogen) atoms. The highest BCUT2D eigenvalue weighted by Crippen LogP contribution is 2.57. The van der Waals surface area contributed by atoms with Crippen molar-refractivity contribution in [3.8, 4) is 0 Å². The fraction of sp³-hybridized carbons (Fsp3) is 0.895. The summed E-state index contributed by atoms with van der Waals surface area (Å²) in [5.74, 6) is 1.01. The number of hydrogen-bond donors (Lipinski definition) is 2. The van der Waals surface area contributed by atoms with Gasteiger partial charge in [-0.15, -0.1) is 0 Å². The van der Waals surface area contributed by atoms with E-state index in [4.69, 9.17) is 4.74 Å². The molecule has 6 nitrogen and oxygen atoms in total. The Morgan fingerprint density at radius 2 is 1.96 bits per heavy atom. The number of carbonyl (C=O) groups excluding carboxylic acids is 1. The zero-order valence-electron chi connectivity index (χ0n) is 16.4. The van der Waals surface area contributed by atoms with Crippen molar-refractivity contribution >= 4 is 11.9 Å². The van der Waals surface area contributed by atoms with E-state index in [2.05, 4.69) is 29.5 Å². The van der Waals surface area contributed by atoms with E-state index < -0.39 is 0 Å². The summed E-state index contributed by atoms with van der Waals surface area (Å²) in [5.41, 5.74) is 0.309. The van der Waals surface area contributed by atoms with Crippen molar-refractivity contribution in [3.63, 3.8) is 0 Å². The first-order valence-corrected chi connectivity index (χ1v) is 10.0. The SMILES string of the molecule is CCNC(=NCCC(=O)N(CC)CC)NC1CC(OCC)C12CCC2. The highest BCUT2D eigenvalue weighted by molar-refractivity contribution is 5.81. The lowest BCUT2D eigenvalue weighted by Gasteiger charge is -2.61. The number of nitrogens with one attached hydrogen (secondary N) is 2. The monoisotopic (exact) mass is 352 g/mol. The van der Waals surface area contributed by atoms with Gasteiger partial charge in [-0.05, 0) is 47.0 Å². The quantitative estimate of drug-likeness (QED) is 0.493. The van der Waals surface area contributed by atoms with Gasteiger partial charge < -0.3 is 20.3 Å². The van der Waals surface area contributed by atoms with Crippen LogP contribution in [0.2, 0.25) is 0 Å². The first-order chi connectivity index (χ1) is 12.1. The van der Waals surface area contributed by atoms with Crippen LogP contribution >= 0.6 is 0 Å². The number of aliphatic imine (C=N–C) groups is 1. The maximum atomic E-state index is 12.1. The number of rotatable bonds is 9. The largest absolute Gasteiger partial charge is 0.378 e. The molecule has 0 aromatic heterocycles. The van der Waals surface area contributed by atoms with Crippen molar-refractivity contribution in [1.82, 2.24) is 15.5 Å². The normalized spacial score (nSPS) is 24.4. The molecule has 0 heterocycles. The molecule has 2 N–H and O–H groups in total. The second-order valence-corrected chi connectivity index (χ2v) is 7.04. The third-order valence-electron chi connectivity index (χ3n) is 5.80. The molecule has 0 aromatic carbocycles. The molecule has 1 amide bonds. The number of hydrogen-bond acceptors (Lipinski definition) is 3. The Hall–Kier alpha value is -1.30. The van der Waals surface area contributed by atoms with Crippen LogP contribution in [0.1, 0.15) is 59.8 Å². The first-order valence-electron chi connectivity index (χ1n) is 10.0. The minimum absolute atomic E-state index is 0.181. The van der Waals surface area contributed by atoms with Crippen LogP contribution in [0.25, 0.3) is 0 Å². The lowest BCUT2D eigenvalue weighted by molar-refractivity contribution is -0.168. The molecule has 1 spiro atoms. The van der Waals surface area contributed by atoms with E-state index in [0.29, 0.717) is 30.5 Å². The third-order valence-corrected chi connectivity index (χ3v) is 5.80. The van der Waals surface area contributed by atoms with Gasteiger partial charge in [0.15, 0.2) is 5.96 Å². The second-order valence-electron chi connectivity index (χ2n) is 7.04. The maximum absolute atomic E-state index is 12.1. The third kappa shape index (κ3) is 4.46. The van der Waals surface area contributed by atoms with Gasteiger partial charge in [-0.1, -0.05) is 6.42 Å². The Morgan fingerprint density at radius 1 is 1.24 bits per heavy atom. The lowest BCUT2D eigenvalue weighted by Crippen LogP contribution is -2.68. The highest BCUT2D eigenvalue weighted by Gasteiger charge is 2.59. The zero-order valence-corrected chi connectivity index (χ0v) is 16.4. The smallest absolute Gasteiger partial charge is 0.224 e. The second kappa shape index (κ2) is 9.41. The van der Waals surface area contributed by atoms with Crippen LogP contribution in [0, 0.1) is 5.41 Å². The zero-order chi connectivity index (χ0) is 18.3. The molecule has 0 aliphatic heterocycles. The number of nitrogens with zero attached hydrogens (tertiary/aromatic N) is 2. The van der Waals surface area contributed by atoms with Crippen molar-refractivity contribution in [2.75, 3.05) is 32.8 Å². The Balaban J connectivity index is 1.87. The summed E-state index contributed by atoms with van der Waals surface area (Å²) in [4.78, 5) is 18.6. The highest BCUT2D eigenvalue weighted by atomic mass is 16.5. The van der Waals surface area contributed by atoms with Gasteiger partial charge in [0.1, 0.15) is 0 Å². The fourth-order valence-corrected chi connectivity index (χ4v) is 4.12. The van der Waals surface area contributed by atoms with Gasteiger partial charge in [-0.3, -0.25) is 9.79 Å². The molecule has 2 saturated carbocycles. The summed E-state index contributed by atoms with van der Waals surface area (Å²) in [6.45, 7) is 11.8. The van der Waals surface area contributed by atoms with Crippen LogP contribution in [0.15, 0.2) is 4.99 Å². The molecule has 2 aliphatic rings. The van der Waals surface area contributed by atoms with Crippen molar-refractivity contribution in [3.05, 3.63) is 0 Å².